The fraction of sp³-hybridized carbons (Fsp3) is 0.538. The van der Waals surface area contributed by atoms with E-state index in [9.17, 15) is 0 Å². The molecule has 2 N–H and O–H groups in total. The average molecular weight is 206 g/mol. The highest BCUT2D eigenvalue weighted by atomic mass is 15.0. The van der Waals surface area contributed by atoms with E-state index in [1.807, 2.05) is 7.05 Å². The predicted molar refractivity (Wildman–Crippen MR) is 66.3 cm³/mol. The van der Waals surface area contributed by atoms with Crippen molar-refractivity contribution in [1.82, 2.24) is 10.6 Å². The van der Waals surface area contributed by atoms with Crippen LogP contribution in [0.1, 0.15) is 22.3 Å². The second-order valence-corrected chi connectivity index (χ2v) is 4.07. The van der Waals surface area contributed by atoms with Gasteiger partial charge in [0.25, 0.3) is 0 Å². The lowest BCUT2D eigenvalue weighted by Crippen LogP contribution is -2.27. The normalized spacial score (nSPS) is 10.7. The van der Waals surface area contributed by atoms with Crippen LogP contribution in [0.15, 0.2) is 12.1 Å². The molecular formula is C13H22N2. The lowest BCUT2D eigenvalue weighted by atomic mass is 9.97. The van der Waals surface area contributed by atoms with Crippen molar-refractivity contribution in [3.63, 3.8) is 0 Å². The summed E-state index contributed by atoms with van der Waals surface area (Å²) in [7, 11) is 1.95. The average Bonchev–Trinajstić information content (AvgIpc) is 2.24. The minimum absolute atomic E-state index is 0.879. The number of hydrogen-bond donors (Lipinski definition) is 2. The zero-order chi connectivity index (χ0) is 11.3. The van der Waals surface area contributed by atoms with E-state index in [-0.39, 0.29) is 0 Å². The molecule has 0 aliphatic rings. The Labute approximate surface area is 93.1 Å². The predicted octanol–water partition coefficient (Wildman–Crippen LogP) is 1.92. The molecule has 0 fully saturated rings. The molecular weight excluding hydrogens is 184 g/mol. The summed E-state index contributed by atoms with van der Waals surface area (Å²) in [4.78, 5) is 0. The number of rotatable bonds is 5. The third-order valence-electron chi connectivity index (χ3n) is 3.04. The van der Waals surface area contributed by atoms with Gasteiger partial charge in [-0.15, -0.1) is 0 Å². The van der Waals surface area contributed by atoms with Crippen molar-refractivity contribution in [2.45, 2.75) is 27.2 Å². The molecule has 0 saturated heterocycles. The monoisotopic (exact) mass is 206 g/mol. The fourth-order valence-corrected chi connectivity index (χ4v) is 1.72. The van der Waals surface area contributed by atoms with E-state index in [2.05, 4.69) is 43.5 Å². The Balaban J connectivity index is 2.58. The summed E-state index contributed by atoms with van der Waals surface area (Å²) < 4.78 is 0. The van der Waals surface area contributed by atoms with E-state index in [0.29, 0.717) is 0 Å². The molecule has 2 nitrogen and oxygen atoms in total. The highest BCUT2D eigenvalue weighted by Gasteiger charge is 2.02. The standard InChI is InChI=1S/C13H22N2/c1-10-5-6-13(12(3)11(10)2)7-8-15-9-14-4/h5-6,14-15H,7-9H2,1-4H3. The highest BCUT2D eigenvalue weighted by Crippen LogP contribution is 2.17. The van der Waals surface area contributed by atoms with Crippen LogP contribution in [0.25, 0.3) is 0 Å². The molecule has 0 aliphatic heterocycles. The molecule has 0 aromatic heterocycles. The van der Waals surface area contributed by atoms with Crippen LogP contribution in [0.5, 0.6) is 0 Å². The van der Waals surface area contributed by atoms with E-state index < -0.39 is 0 Å². The van der Waals surface area contributed by atoms with Crippen molar-refractivity contribution in [2.24, 2.45) is 0 Å². The van der Waals surface area contributed by atoms with E-state index >= 15 is 0 Å². The van der Waals surface area contributed by atoms with Crippen LogP contribution in [-0.2, 0) is 6.42 Å². The molecule has 84 valence electrons. The second kappa shape index (κ2) is 5.89. The molecule has 15 heavy (non-hydrogen) atoms. The molecule has 0 bridgehead atoms. The molecule has 0 unspecified atom stereocenters. The molecule has 0 atom stereocenters. The van der Waals surface area contributed by atoms with Crippen molar-refractivity contribution in [1.29, 1.82) is 0 Å². The smallest absolute Gasteiger partial charge is 0.0451 e. The lowest BCUT2D eigenvalue weighted by molar-refractivity contribution is 0.630. The molecule has 0 spiro atoms. The molecule has 0 aliphatic carbocycles. The summed E-state index contributed by atoms with van der Waals surface area (Å²) >= 11 is 0. The summed E-state index contributed by atoms with van der Waals surface area (Å²) in [5, 5.41) is 6.41. The maximum absolute atomic E-state index is 3.33. The van der Waals surface area contributed by atoms with Gasteiger partial charge in [-0.05, 0) is 56.5 Å². The molecule has 1 aromatic carbocycles. The summed E-state index contributed by atoms with van der Waals surface area (Å²) in [6.07, 6.45) is 1.11. The Morgan fingerprint density at radius 3 is 2.47 bits per heavy atom. The van der Waals surface area contributed by atoms with Gasteiger partial charge in [-0.2, -0.15) is 0 Å². The molecule has 0 radical (unpaired) electrons. The van der Waals surface area contributed by atoms with Gasteiger partial charge >= 0.3 is 0 Å². The van der Waals surface area contributed by atoms with Crippen molar-refractivity contribution in [2.75, 3.05) is 20.3 Å². The molecule has 0 amide bonds. The first-order chi connectivity index (χ1) is 7.16. The Morgan fingerprint density at radius 2 is 1.80 bits per heavy atom. The zero-order valence-corrected chi connectivity index (χ0v) is 10.3. The van der Waals surface area contributed by atoms with E-state index in [1.54, 1.807) is 0 Å². The van der Waals surface area contributed by atoms with Gasteiger partial charge in [-0.1, -0.05) is 12.1 Å². The Hall–Kier alpha value is -0.860. The van der Waals surface area contributed by atoms with Crippen molar-refractivity contribution in [3.05, 3.63) is 34.4 Å². The van der Waals surface area contributed by atoms with Gasteiger partial charge in [-0.3, -0.25) is 0 Å². The summed E-state index contributed by atoms with van der Waals surface area (Å²) in [6.45, 7) is 8.50. The first kappa shape index (κ1) is 12.2. The van der Waals surface area contributed by atoms with E-state index in [4.69, 9.17) is 0 Å². The maximum atomic E-state index is 3.33. The first-order valence-corrected chi connectivity index (χ1v) is 5.57. The van der Waals surface area contributed by atoms with Gasteiger partial charge in [0, 0.05) is 13.2 Å². The van der Waals surface area contributed by atoms with Gasteiger partial charge < -0.3 is 10.6 Å². The Kier molecular flexibility index (Phi) is 4.79. The maximum Gasteiger partial charge on any atom is 0.0451 e. The Bertz CT molecular complexity index is 319. The largest absolute Gasteiger partial charge is 0.308 e. The fourth-order valence-electron chi connectivity index (χ4n) is 1.72. The number of benzene rings is 1. The molecule has 1 rings (SSSR count). The SMILES string of the molecule is CNCNCCc1ccc(C)c(C)c1C. The lowest BCUT2D eigenvalue weighted by Gasteiger charge is -2.11. The zero-order valence-electron chi connectivity index (χ0n) is 10.3. The Morgan fingerprint density at radius 1 is 1.07 bits per heavy atom. The summed E-state index contributed by atoms with van der Waals surface area (Å²) in [5.74, 6) is 0. The quantitative estimate of drug-likeness (QED) is 0.568. The van der Waals surface area contributed by atoms with Gasteiger partial charge in [0.1, 0.15) is 0 Å². The van der Waals surface area contributed by atoms with Gasteiger partial charge in [0.15, 0.2) is 0 Å². The van der Waals surface area contributed by atoms with Crippen LogP contribution in [0.3, 0.4) is 0 Å². The van der Waals surface area contributed by atoms with Crippen molar-refractivity contribution in [3.8, 4) is 0 Å². The van der Waals surface area contributed by atoms with Crippen LogP contribution in [-0.4, -0.2) is 20.3 Å². The topological polar surface area (TPSA) is 24.1 Å². The van der Waals surface area contributed by atoms with Crippen molar-refractivity contribution >= 4 is 0 Å². The summed E-state index contributed by atoms with van der Waals surface area (Å²) in [5.41, 5.74) is 5.73. The van der Waals surface area contributed by atoms with Crippen LogP contribution in [0.2, 0.25) is 0 Å². The van der Waals surface area contributed by atoms with Gasteiger partial charge in [0.2, 0.25) is 0 Å². The first-order valence-electron chi connectivity index (χ1n) is 5.57. The molecule has 2 heteroatoms. The third-order valence-corrected chi connectivity index (χ3v) is 3.04. The van der Waals surface area contributed by atoms with Crippen LogP contribution < -0.4 is 10.6 Å². The van der Waals surface area contributed by atoms with Crippen LogP contribution >= 0.6 is 0 Å². The van der Waals surface area contributed by atoms with Gasteiger partial charge in [0.05, 0.1) is 0 Å². The van der Waals surface area contributed by atoms with Gasteiger partial charge in [-0.25, -0.2) is 0 Å². The number of hydrogen-bond acceptors (Lipinski definition) is 2. The second-order valence-electron chi connectivity index (χ2n) is 4.07. The van der Waals surface area contributed by atoms with Crippen LogP contribution in [0, 0.1) is 20.8 Å². The number of nitrogens with one attached hydrogen (secondary N) is 2. The molecule has 1 aromatic rings. The number of aryl methyl sites for hydroxylation is 1. The third kappa shape index (κ3) is 3.33. The minimum Gasteiger partial charge on any atom is -0.308 e. The molecule has 0 heterocycles. The van der Waals surface area contributed by atoms with E-state index in [1.165, 1.54) is 22.3 Å². The van der Waals surface area contributed by atoms with Crippen LogP contribution in [0.4, 0.5) is 0 Å². The minimum atomic E-state index is 0.879. The van der Waals surface area contributed by atoms with Crippen molar-refractivity contribution < 1.29 is 0 Å². The van der Waals surface area contributed by atoms with E-state index in [0.717, 1.165) is 19.6 Å². The summed E-state index contributed by atoms with van der Waals surface area (Å²) in [6, 6.07) is 4.47. The molecule has 0 saturated carbocycles. The highest BCUT2D eigenvalue weighted by molar-refractivity contribution is 5.38.